The topological polar surface area (TPSA) is 41.6 Å². The first-order valence-corrected chi connectivity index (χ1v) is 4.48. The minimum atomic E-state index is -0.329. The maximum atomic E-state index is 13.0. The zero-order valence-electron chi connectivity index (χ0n) is 8.43. The number of aromatic amines is 1. The SMILES string of the molecule is CC(C)(C)c1[nH]nc2ncc(F)cc12. The molecule has 3 nitrogen and oxygen atoms in total. The summed E-state index contributed by atoms with van der Waals surface area (Å²) >= 11 is 0. The maximum Gasteiger partial charge on any atom is 0.181 e. The standard InChI is InChI=1S/C10H12FN3/c1-10(2,3)8-7-4-6(11)5-12-9(7)14-13-8/h4-5H,1-3H3,(H,12,13,14). The second-order valence-electron chi connectivity index (χ2n) is 4.37. The molecule has 0 amide bonds. The van der Waals surface area contributed by atoms with E-state index >= 15 is 0 Å². The molecule has 74 valence electrons. The van der Waals surface area contributed by atoms with Crippen LogP contribution in [0.1, 0.15) is 26.5 Å². The Labute approximate surface area is 81.4 Å². The molecule has 0 aliphatic carbocycles. The van der Waals surface area contributed by atoms with Crippen molar-refractivity contribution in [2.75, 3.05) is 0 Å². The Morgan fingerprint density at radius 3 is 2.71 bits per heavy atom. The Hall–Kier alpha value is -1.45. The fraction of sp³-hybridized carbons (Fsp3) is 0.400. The van der Waals surface area contributed by atoms with Gasteiger partial charge in [0.05, 0.1) is 11.9 Å². The fourth-order valence-corrected chi connectivity index (χ4v) is 1.45. The largest absolute Gasteiger partial charge is 0.279 e. The Balaban J connectivity index is 2.73. The predicted molar refractivity (Wildman–Crippen MR) is 52.5 cm³/mol. The molecular formula is C10H12FN3. The normalized spacial score (nSPS) is 12.3. The van der Waals surface area contributed by atoms with Gasteiger partial charge in [0, 0.05) is 10.8 Å². The van der Waals surface area contributed by atoms with E-state index in [1.165, 1.54) is 12.3 Å². The van der Waals surface area contributed by atoms with Crippen molar-refractivity contribution in [1.82, 2.24) is 15.2 Å². The van der Waals surface area contributed by atoms with Gasteiger partial charge in [-0.1, -0.05) is 20.8 Å². The van der Waals surface area contributed by atoms with Gasteiger partial charge < -0.3 is 0 Å². The number of hydrogen-bond acceptors (Lipinski definition) is 2. The van der Waals surface area contributed by atoms with Crippen molar-refractivity contribution >= 4 is 11.0 Å². The monoisotopic (exact) mass is 193 g/mol. The second kappa shape index (κ2) is 2.77. The van der Waals surface area contributed by atoms with Crippen LogP contribution in [0.4, 0.5) is 4.39 Å². The van der Waals surface area contributed by atoms with Crippen LogP contribution in [0.15, 0.2) is 12.3 Å². The van der Waals surface area contributed by atoms with E-state index in [9.17, 15) is 4.39 Å². The van der Waals surface area contributed by atoms with Crippen molar-refractivity contribution in [3.05, 3.63) is 23.8 Å². The van der Waals surface area contributed by atoms with Crippen molar-refractivity contribution in [3.8, 4) is 0 Å². The summed E-state index contributed by atoms with van der Waals surface area (Å²) in [6.45, 7) is 6.14. The number of pyridine rings is 1. The quantitative estimate of drug-likeness (QED) is 0.698. The van der Waals surface area contributed by atoms with Crippen molar-refractivity contribution in [1.29, 1.82) is 0 Å². The van der Waals surface area contributed by atoms with E-state index in [0.29, 0.717) is 5.65 Å². The first-order chi connectivity index (χ1) is 6.48. The molecule has 2 rings (SSSR count). The molecule has 0 spiro atoms. The minimum absolute atomic E-state index is 0.0791. The summed E-state index contributed by atoms with van der Waals surface area (Å²) in [6.07, 6.45) is 1.18. The number of rotatable bonds is 0. The van der Waals surface area contributed by atoms with Crippen LogP contribution in [0.2, 0.25) is 0 Å². The third-order valence-electron chi connectivity index (χ3n) is 2.13. The fourth-order valence-electron chi connectivity index (χ4n) is 1.45. The van der Waals surface area contributed by atoms with Crippen molar-refractivity contribution in [2.24, 2.45) is 0 Å². The van der Waals surface area contributed by atoms with Crippen molar-refractivity contribution < 1.29 is 4.39 Å². The van der Waals surface area contributed by atoms with Gasteiger partial charge in [-0.3, -0.25) is 5.10 Å². The lowest BCUT2D eigenvalue weighted by molar-refractivity contribution is 0.571. The highest BCUT2D eigenvalue weighted by Gasteiger charge is 2.20. The van der Waals surface area contributed by atoms with Crippen LogP contribution in [-0.2, 0) is 5.41 Å². The average Bonchev–Trinajstić information content (AvgIpc) is 2.45. The van der Waals surface area contributed by atoms with E-state index in [4.69, 9.17) is 0 Å². The van der Waals surface area contributed by atoms with Gasteiger partial charge in [0.1, 0.15) is 5.82 Å². The van der Waals surface area contributed by atoms with E-state index in [2.05, 4.69) is 15.2 Å². The molecule has 2 aromatic rings. The van der Waals surface area contributed by atoms with Gasteiger partial charge in [-0.25, -0.2) is 9.37 Å². The summed E-state index contributed by atoms with van der Waals surface area (Å²) in [5, 5.41) is 7.69. The molecule has 1 N–H and O–H groups in total. The molecule has 0 aliphatic rings. The highest BCUT2D eigenvalue weighted by atomic mass is 19.1. The van der Waals surface area contributed by atoms with E-state index in [0.717, 1.165) is 11.1 Å². The zero-order valence-corrected chi connectivity index (χ0v) is 8.43. The van der Waals surface area contributed by atoms with Gasteiger partial charge in [0.25, 0.3) is 0 Å². The molecule has 0 fully saturated rings. The van der Waals surface area contributed by atoms with E-state index in [1.807, 2.05) is 20.8 Å². The van der Waals surface area contributed by atoms with Gasteiger partial charge in [-0.05, 0) is 6.07 Å². The van der Waals surface area contributed by atoms with E-state index < -0.39 is 0 Å². The van der Waals surface area contributed by atoms with Crippen LogP contribution in [0.25, 0.3) is 11.0 Å². The van der Waals surface area contributed by atoms with Crippen molar-refractivity contribution in [3.63, 3.8) is 0 Å². The molecule has 0 saturated heterocycles. The van der Waals surface area contributed by atoms with E-state index in [-0.39, 0.29) is 11.2 Å². The number of aromatic nitrogens is 3. The number of H-pyrrole nitrogens is 1. The third-order valence-corrected chi connectivity index (χ3v) is 2.13. The number of fused-ring (bicyclic) bond motifs is 1. The molecule has 2 heterocycles. The van der Waals surface area contributed by atoms with Gasteiger partial charge >= 0.3 is 0 Å². The molecule has 0 aliphatic heterocycles. The Morgan fingerprint density at radius 1 is 1.36 bits per heavy atom. The van der Waals surface area contributed by atoms with E-state index in [1.54, 1.807) is 0 Å². The smallest absolute Gasteiger partial charge is 0.181 e. The lowest BCUT2D eigenvalue weighted by Crippen LogP contribution is -2.12. The van der Waals surface area contributed by atoms with Gasteiger partial charge in [-0.2, -0.15) is 5.10 Å². The average molecular weight is 193 g/mol. The summed E-state index contributed by atoms with van der Waals surface area (Å²) < 4.78 is 13.0. The van der Waals surface area contributed by atoms with Crippen LogP contribution in [0.3, 0.4) is 0 Å². The summed E-state index contributed by atoms with van der Waals surface area (Å²) in [5.74, 6) is -0.329. The van der Waals surface area contributed by atoms with Crippen LogP contribution in [-0.4, -0.2) is 15.2 Å². The predicted octanol–water partition coefficient (Wildman–Crippen LogP) is 2.39. The molecule has 2 aromatic heterocycles. The molecule has 0 saturated carbocycles. The third kappa shape index (κ3) is 1.36. The van der Waals surface area contributed by atoms with Crippen LogP contribution >= 0.6 is 0 Å². The Kier molecular flexibility index (Phi) is 1.80. The summed E-state index contributed by atoms with van der Waals surface area (Å²) in [5.41, 5.74) is 1.40. The maximum absolute atomic E-state index is 13.0. The molecule has 0 radical (unpaired) electrons. The van der Waals surface area contributed by atoms with Crippen molar-refractivity contribution in [2.45, 2.75) is 26.2 Å². The van der Waals surface area contributed by atoms with Gasteiger partial charge in [0.2, 0.25) is 0 Å². The first kappa shape index (κ1) is 9.12. The minimum Gasteiger partial charge on any atom is -0.279 e. The van der Waals surface area contributed by atoms with Gasteiger partial charge in [0.15, 0.2) is 5.65 Å². The van der Waals surface area contributed by atoms with Gasteiger partial charge in [-0.15, -0.1) is 0 Å². The summed E-state index contributed by atoms with van der Waals surface area (Å²) in [7, 11) is 0. The second-order valence-corrected chi connectivity index (χ2v) is 4.37. The Bertz CT molecular complexity index is 468. The zero-order chi connectivity index (χ0) is 10.3. The first-order valence-electron chi connectivity index (χ1n) is 4.48. The van der Waals surface area contributed by atoms with Crippen LogP contribution in [0.5, 0.6) is 0 Å². The highest BCUT2D eigenvalue weighted by molar-refractivity contribution is 5.78. The molecule has 14 heavy (non-hydrogen) atoms. The highest BCUT2D eigenvalue weighted by Crippen LogP contribution is 2.26. The number of nitrogens with one attached hydrogen (secondary N) is 1. The molecule has 0 unspecified atom stereocenters. The lowest BCUT2D eigenvalue weighted by atomic mass is 9.90. The van der Waals surface area contributed by atoms with Crippen LogP contribution in [0, 0.1) is 5.82 Å². The number of nitrogens with zero attached hydrogens (tertiary/aromatic N) is 2. The number of hydrogen-bond donors (Lipinski definition) is 1. The summed E-state index contributed by atoms with van der Waals surface area (Å²) in [4.78, 5) is 3.90. The Morgan fingerprint density at radius 2 is 2.07 bits per heavy atom. The lowest BCUT2D eigenvalue weighted by Gasteiger charge is -2.15. The summed E-state index contributed by atoms with van der Waals surface area (Å²) in [6, 6.07) is 1.46. The molecule has 0 aromatic carbocycles. The molecule has 0 atom stereocenters. The molecule has 0 bridgehead atoms. The van der Waals surface area contributed by atoms with Crippen LogP contribution < -0.4 is 0 Å². The molecular weight excluding hydrogens is 181 g/mol. The number of halogens is 1. The molecule has 4 heteroatoms.